The van der Waals surface area contributed by atoms with Crippen molar-refractivity contribution in [1.29, 1.82) is 0 Å². The molecule has 0 bridgehead atoms. The lowest BCUT2D eigenvalue weighted by Crippen LogP contribution is -2.64. The number of anilines is 1. The van der Waals surface area contributed by atoms with Crippen molar-refractivity contribution in [2.75, 3.05) is 4.90 Å². The van der Waals surface area contributed by atoms with E-state index >= 15 is 0 Å². The van der Waals surface area contributed by atoms with Gasteiger partial charge in [0.25, 0.3) is 5.91 Å². The Morgan fingerprint density at radius 3 is 2.56 bits per heavy atom. The standard InChI is InChI=1S/C26H23ClN4O3/c1-17-5-11-20(12-6-17)31-24(32)22-14-21(23-4-3-13-34-23)29-30(22)16-26(31,2)25(33)28-15-18-7-9-19(27)10-8-18/h3-14H,15-16H2,1-2H3,(H,28,33)/t26-/m0/s1. The minimum Gasteiger partial charge on any atom is -0.463 e. The van der Waals surface area contributed by atoms with Gasteiger partial charge in [0.15, 0.2) is 5.76 Å². The largest absolute Gasteiger partial charge is 0.463 e. The summed E-state index contributed by atoms with van der Waals surface area (Å²) in [4.78, 5) is 28.9. The molecule has 0 saturated heterocycles. The summed E-state index contributed by atoms with van der Waals surface area (Å²) >= 11 is 5.97. The van der Waals surface area contributed by atoms with Crippen molar-refractivity contribution < 1.29 is 14.0 Å². The number of fused-ring (bicyclic) bond motifs is 1. The predicted molar refractivity (Wildman–Crippen MR) is 130 cm³/mol. The third-order valence-corrected chi connectivity index (χ3v) is 6.33. The topological polar surface area (TPSA) is 80.4 Å². The van der Waals surface area contributed by atoms with Gasteiger partial charge in [-0.15, -0.1) is 0 Å². The summed E-state index contributed by atoms with van der Waals surface area (Å²) in [6, 6.07) is 20.1. The summed E-state index contributed by atoms with van der Waals surface area (Å²) < 4.78 is 7.05. The van der Waals surface area contributed by atoms with Crippen LogP contribution in [0.15, 0.2) is 77.4 Å². The maximum atomic E-state index is 13.8. The highest BCUT2D eigenvalue weighted by Crippen LogP contribution is 2.34. The highest BCUT2D eigenvalue weighted by Gasteiger charge is 2.48. The van der Waals surface area contributed by atoms with Crippen LogP contribution in [0.5, 0.6) is 0 Å². The van der Waals surface area contributed by atoms with Gasteiger partial charge in [-0.1, -0.05) is 41.4 Å². The maximum Gasteiger partial charge on any atom is 0.277 e. The van der Waals surface area contributed by atoms with Crippen LogP contribution in [0, 0.1) is 6.92 Å². The van der Waals surface area contributed by atoms with Gasteiger partial charge in [0.05, 0.1) is 12.8 Å². The molecule has 2 aromatic heterocycles. The van der Waals surface area contributed by atoms with Gasteiger partial charge in [-0.3, -0.25) is 19.2 Å². The van der Waals surface area contributed by atoms with Crippen molar-refractivity contribution in [3.8, 4) is 11.5 Å². The normalized spacial score (nSPS) is 17.5. The number of carbonyl (C=O) groups is 2. The monoisotopic (exact) mass is 474 g/mol. The van der Waals surface area contributed by atoms with Crippen molar-refractivity contribution in [2.45, 2.75) is 32.5 Å². The zero-order valence-corrected chi connectivity index (χ0v) is 19.5. The fourth-order valence-electron chi connectivity index (χ4n) is 4.20. The molecule has 0 saturated carbocycles. The minimum absolute atomic E-state index is 0.190. The molecule has 1 atom stereocenters. The quantitative estimate of drug-likeness (QED) is 0.449. The molecule has 1 aliphatic heterocycles. The van der Waals surface area contributed by atoms with Gasteiger partial charge in [0, 0.05) is 23.3 Å². The van der Waals surface area contributed by atoms with E-state index in [2.05, 4.69) is 10.4 Å². The lowest BCUT2D eigenvalue weighted by atomic mass is 9.93. The highest BCUT2D eigenvalue weighted by atomic mass is 35.5. The molecule has 5 rings (SSSR count). The van der Waals surface area contributed by atoms with E-state index in [1.54, 1.807) is 53.1 Å². The van der Waals surface area contributed by atoms with Gasteiger partial charge in [-0.25, -0.2) is 0 Å². The number of rotatable bonds is 5. The Labute approximate surface area is 201 Å². The SMILES string of the molecule is Cc1ccc(N2C(=O)c3cc(-c4ccco4)nn3C[C@@]2(C)C(=O)NCc2ccc(Cl)cc2)cc1. The number of nitrogens with one attached hydrogen (secondary N) is 1. The Hall–Kier alpha value is -3.84. The predicted octanol–water partition coefficient (Wildman–Crippen LogP) is 4.84. The number of carbonyl (C=O) groups excluding carboxylic acids is 2. The van der Waals surface area contributed by atoms with Crippen LogP contribution in [0.1, 0.15) is 28.5 Å². The number of furan rings is 1. The van der Waals surface area contributed by atoms with Crippen LogP contribution in [0.4, 0.5) is 5.69 Å². The number of halogens is 1. The first-order valence-corrected chi connectivity index (χ1v) is 11.3. The second-order valence-electron chi connectivity index (χ2n) is 8.61. The number of nitrogens with zero attached hydrogens (tertiary/aromatic N) is 3. The van der Waals surface area contributed by atoms with Crippen LogP contribution in [0.3, 0.4) is 0 Å². The molecule has 8 heteroatoms. The summed E-state index contributed by atoms with van der Waals surface area (Å²) in [5, 5.41) is 8.19. The van der Waals surface area contributed by atoms with Crippen LogP contribution < -0.4 is 10.2 Å². The molecular weight excluding hydrogens is 452 g/mol. The second-order valence-corrected chi connectivity index (χ2v) is 9.05. The van der Waals surface area contributed by atoms with E-state index in [0.717, 1.165) is 11.1 Å². The van der Waals surface area contributed by atoms with Crippen LogP contribution in [-0.2, 0) is 17.9 Å². The number of aromatic nitrogens is 2. The zero-order chi connectivity index (χ0) is 23.9. The van der Waals surface area contributed by atoms with Crippen molar-refractivity contribution >= 4 is 29.1 Å². The summed E-state index contributed by atoms with van der Waals surface area (Å²) in [6.07, 6.45) is 1.56. The highest BCUT2D eigenvalue weighted by molar-refractivity contribution is 6.30. The molecule has 0 spiro atoms. The Morgan fingerprint density at radius 2 is 1.88 bits per heavy atom. The molecule has 3 heterocycles. The third-order valence-electron chi connectivity index (χ3n) is 6.07. The minimum atomic E-state index is -1.21. The van der Waals surface area contributed by atoms with E-state index in [0.29, 0.717) is 34.4 Å². The Bertz CT molecular complexity index is 1340. The van der Waals surface area contributed by atoms with E-state index in [1.165, 1.54) is 0 Å². The van der Waals surface area contributed by atoms with Crippen LogP contribution in [0.25, 0.3) is 11.5 Å². The molecule has 4 aromatic rings. The van der Waals surface area contributed by atoms with Crippen LogP contribution >= 0.6 is 11.6 Å². The van der Waals surface area contributed by atoms with Crippen molar-refractivity contribution in [3.63, 3.8) is 0 Å². The molecule has 7 nitrogen and oxygen atoms in total. The fraction of sp³-hybridized carbons (Fsp3) is 0.192. The van der Waals surface area contributed by atoms with Crippen molar-refractivity contribution in [1.82, 2.24) is 15.1 Å². The van der Waals surface area contributed by atoms with E-state index in [4.69, 9.17) is 16.0 Å². The van der Waals surface area contributed by atoms with Gasteiger partial charge in [-0.05, 0) is 55.8 Å². The third kappa shape index (κ3) is 3.88. The summed E-state index contributed by atoms with van der Waals surface area (Å²) in [7, 11) is 0. The van der Waals surface area contributed by atoms with Gasteiger partial charge < -0.3 is 9.73 Å². The van der Waals surface area contributed by atoms with Gasteiger partial charge in [0.2, 0.25) is 5.91 Å². The summed E-state index contributed by atoms with van der Waals surface area (Å²) in [5.74, 6) is -0.0212. The molecule has 0 aliphatic carbocycles. The Morgan fingerprint density at radius 1 is 1.15 bits per heavy atom. The number of hydrogen-bond donors (Lipinski definition) is 1. The summed E-state index contributed by atoms with van der Waals surface area (Å²) in [6.45, 7) is 4.24. The van der Waals surface area contributed by atoms with E-state index in [1.807, 2.05) is 43.3 Å². The number of aryl methyl sites for hydroxylation is 1. The smallest absolute Gasteiger partial charge is 0.277 e. The second kappa shape index (κ2) is 8.50. The molecule has 1 aliphatic rings. The molecular formula is C26H23ClN4O3. The van der Waals surface area contributed by atoms with Crippen molar-refractivity contribution in [2.24, 2.45) is 0 Å². The van der Waals surface area contributed by atoms with Crippen LogP contribution in [-0.4, -0.2) is 27.1 Å². The summed E-state index contributed by atoms with van der Waals surface area (Å²) in [5.41, 5.74) is 2.35. The van der Waals surface area contributed by atoms with Gasteiger partial charge >= 0.3 is 0 Å². The molecule has 34 heavy (non-hydrogen) atoms. The lowest BCUT2D eigenvalue weighted by molar-refractivity contribution is -0.126. The molecule has 0 fully saturated rings. The average molecular weight is 475 g/mol. The fourth-order valence-corrected chi connectivity index (χ4v) is 4.33. The van der Waals surface area contributed by atoms with Gasteiger partial charge in [-0.2, -0.15) is 5.10 Å². The molecule has 0 unspecified atom stereocenters. The van der Waals surface area contributed by atoms with E-state index in [9.17, 15) is 9.59 Å². The maximum absolute atomic E-state index is 13.8. The van der Waals surface area contributed by atoms with E-state index < -0.39 is 5.54 Å². The molecule has 1 N–H and O–H groups in total. The first-order valence-electron chi connectivity index (χ1n) is 10.9. The molecule has 0 radical (unpaired) electrons. The number of hydrogen-bond acceptors (Lipinski definition) is 4. The zero-order valence-electron chi connectivity index (χ0n) is 18.8. The average Bonchev–Trinajstić information content (AvgIpc) is 3.50. The van der Waals surface area contributed by atoms with Gasteiger partial charge in [0.1, 0.15) is 16.9 Å². The Kier molecular flexibility index (Phi) is 5.49. The first kappa shape index (κ1) is 22.0. The molecule has 2 aromatic carbocycles. The Balaban J connectivity index is 1.52. The van der Waals surface area contributed by atoms with Crippen molar-refractivity contribution in [3.05, 3.63) is 94.8 Å². The molecule has 2 amide bonds. The lowest BCUT2D eigenvalue weighted by Gasteiger charge is -2.43. The van der Waals surface area contributed by atoms with E-state index in [-0.39, 0.29) is 18.4 Å². The van der Waals surface area contributed by atoms with Crippen LogP contribution in [0.2, 0.25) is 5.02 Å². The molecule has 172 valence electrons. The number of amides is 2. The first-order chi connectivity index (χ1) is 16.3. The number of benzene rings is 2.